The molecule has 0 spiro atoms. The summed E-state index contributed by atoms with van der Waals surface area (Å²) in [6.07, 6.45) is 2.58. The number of para-hydroxylation sites is 1. The standard InChI is InChI=1S/C14H16FN3O3S2/c1-4-8-18-13-10(15)6-5-7-11(13)22-14(18)16-12(19)9-17(2)23(3,20)21/h4-7H,1,8-9H2,2-3H3. The molecule has 23 heavy (non-hydrogen) atoms. The first kappa shape index (κ1) is 17.5. The monoisotopic (exact) mass is 357 g/mol. The summed E-state index contributed by atoms with van der Waals surface area (Å²) in [5.41, 5.74) is 0.348. The lowest BCUT2D eigenvalue weighted by atomic mass is 10.3. The highest BCUT2D eigenvalue weighted by Gasteiger charge is 2.16. The van der Waals surface area contributed by atoms with E-state index < -0.39 is 21.7 Å². The second-order valence-electron chi connectivity index (χ2n) is 4.90. The van der Waals surface area contributed by atoms with Gasteiger partial charge in [0.2, 0.25) is 10.0 Å². The van der Waals surface area contributed by atoms with Gasteiger partial charge in [0.15, 0.2) is 4.80 Å². The number of thiazole rings is 1. The summed E-state index contributed by atoms with van der Waals surface area (Å²) < 4.78 is 39.8. The Kier molecular flexibility index (Phi) is 5.12. The summed E-state index contributed by atoms with van der Waals surface area (Å²) in [6.45, 7) is 3.54. The first-order valence-electron chi connectivity index (χ1n) is 6.61. The summed E-state index contributed by atoms with van der Waals surface area (Å²) in [5.74, 6) is -1.04. The molecule has 124 valence electrons. The van der Waals surface area contributed by atoms with Crippen LogP contribution in [0.4, 0.5) is 4.39 Å². The number of hydrogen-bond donors (Lipinski definition) is 0. The number of likely N-dealkylation sites (N-methyl/N-ethyl adjacent to an activating group) is 1. The second kappa shape index (κ2) is 6.73. The van der Waals surface area contributed by atoms with Crippen molar-refractivity contribution in [2.24, 2.45) is 4.99 Å². The van der Waals surface area contributed by atoms with Crippen LogP contribution in [0.25, 0.3) is 10.2 Å². The zero-order valence-electron chi connectivity index (χ0n) is 12.7. The van der Waals surface area contributed by atoms with Gasteiger partial charge in [-0.2, -0.15) is 9.30 Å². The van der Waals surface area contributed by atoms with Crippen molar-refractivity contribution >= 4 is 37.5 Å². The smallest absolute Gasteiger partial charge is 0.263 e. The van der Waals surface area contributed by atoms with Crippen LogP contribution in [-0.2, 0) is 21.4 Å². The summed E-state index contributed by atoms with van der Waals surface area (Å²) in [5, 5.41) is 0. The lowest BCUT2D eigenvalue weighted by Gasteiger charge is -2.10. The van der Waals surface area contributed by atoms with E-state index in [2.05, 4.69) is 11.6 Å². The topological polar surface area (TPSA) is 71.7 Å². The van der Waals surface area contributed by atoms with Crippen LogP contribution >= 0.6 is 11.3 Å². The molecule has 0 radical (unpaired) electrons. The molecule has 0 aliphatic carbocycles. The molecule has 1 aromatic carbocycles. The predicted octanol–water partition coefficient (Wildman–Crippen LogP) is 1.35. The fourth-order valence-electron chi connectivity index (χ4n) is 1.92. The number of halogens is 1. The first-order chi connectivity index (χ1) is 10.7. The van der Waals surface area contributed by atoms with Gasteiger partial charge in [0, 0.05) is 13.6 Å². The molecule has 2 rings (SSSR count). The van der Waals surface area contributed by atoms with Crippen molar-refractivity contribution in [3.8, 4) is 0 Å². The maximum absolute atomic E-state index is 14.0. The van der Waals surface area contributed by atoms with Crippen LogP contribution < -0.4 is 4.80 Å². The molecule has 0 saturated heterocycles. The molecular weight excluding hydrogens is 341 g/mol. The van der Waals surface area contributed by atoms with Gasteiger partial charge in [-0.3, -0.25) is 4.79 Å². The lowest BCUT2D eigenvalue weighted by molar-refractivity contribution is -0.118. The van der Waals surface area contributed by atoms with Crippen molar-refractivity contribution < 1.29 is 17.6 Å². The number of allylic oxidation sites excluding steroid dienone is 1. The van der Waals surface area contributed by atoms with Crippen LogP contribution in [0.1, 0.15) is 0 Å². The van der Waals surface area contributed by atoms with E-state index in [0.29, 0.717) is 15.0 Å². The van der Waals surface area contributed by atoms with Gasteiger partial charge in [-0.15, -0.1) is 6.58 Å². The molecule has 9 heteroatoms. The number of carbonyl (C=O) groups is 1. The highest BCUT2D eigenvalue weighted by atomic mass is 32.2. The van der Waals surface area contributed by atoms with E-state index in [0.717, 1.165) is 21.9 Å². The number of sulfonamides is 1. The fourth-order valence-corrected chi connectivity index (χ4v) is 3.34. The minimum Gasteiger partial charge on any atom is -0.310 e. The number of nitrogens with zero attached hydrogens (tertiary/aromatic N) is 3. The Morgan fingerprint density at radius 1 is 1.52 bits per heavy atom. The Bertz CT molecular complexity index is 928. The molecule has 0 aliphatic rings. The maximum Gasteiger partial charge on any atom is 0.263 e. The summed E-state index contributed by atoms with van der Waals surface area (Å²) >= 11 is 1.16. The molecule has 0 aliphatic heterocycles. The minimum atomic E-state index is -3.47. The zero-order valence-corrected chi connectivity index (χ0v) is 14.3. The molecule has 0 fully saturated rings. The van der Waals surface area contributed by atoms with Crippen molar-refractivity contribution in [3.05, 3.63) is 41.5 Å². The predicted molar refractivity (Wildman–Crippen MR) is 88.0 cm³/mol. The van der Waals surface area contributed by atoms with Crippen LogP contribution in [0, 0.1) is 5.82 Å². The molecule has 0 atom stereocenters. The zero-order chi connectivity index (χ0) is 17.2. The van der Waals surface area contributed by atoms with Gasteiger partial charge in [-0.1, -0.05) is 23.5 Å². The summed E-state index contributed by atoms with van der Waals surface area (Å²) in [4.78, 5) is 16.2. The molecule has 0 saturated carbocycles. The van der Waals surface area contributed by atoms with Gasteiger partial charge >= 0.3 is 0 Å². The van der Waals surface area contributed by atoms with Gasteiger partial charge in [-0.25, -0.2) is 12.8 Å². The normalized spacial score (nSPS) is 13.0. The molecule has 1 amide bonds. The number of aromatic nitrogens is 1. The Labute approximate surface area is 137 Å². The fraction of sp³-hybridized carbons (Fsp3) is 0.286. The van der Waals surface area contributed by atoms with Crippen molar-refractivity contribution in [1.82, 2.24) is 8.87 Å². The maximum atomic E-state index is 14.0. The van der Waals surface area contributed by atoms with Crippen molar-refractivity contribution in [2.45, 2.75) is 6.54 Å². The third kappa shape index (κ3) is 3.92. The SMILES string of the molecule is C=CCn1c(=NC(=O)CN(C)S(C)(=O)=O)sc2cccc(F)c21. The Morgan fingerprint density at radius 2 is 2.22 bits per heavy atom. The van der Waals surface area contributed by atoms with E-state index in [1.165, 1.54) is 13.1 Å². The minimum absolute atomic E-state index is 0.287. The van der Waals surface area contributed by atoms with Crippen molar-refractivity contribution in [2.75, 3.05) is 19.8 Å². The highest BCUT2D eigenvalue weighted by Crippen LogP contribution is 2.20. The van der Waals surface area contributed by atoms with E-state index in [-0.39, 0.29) is 13.1 Å². The summed E-state index contributed by atoms with van der Waals surface area (Å²) in [7, 11) is -2.17. The van der Waals surface area contributed by atoms with Gasteiger partial charge < -0.3 is 4.57 Å². The third-order valence-electron chi connectivity index (χ3n) is 3.11. The third-order valence-corrected chi connectivity index (χ3v) is 5.41. The largest absolute Gasteiger partial charge is 0.310 e. The molecule has 6 nitrogen and oxygen atoms in total. The van der Waals surface area contributed by atoms with E-state index in [1.807, 2.05) is 0 Å². The van der Waals surface area contributed by atoms with Crippen LogP contribution in [0.5, 0.6) is 0 Å². The molecule has 0 unspecified atom stereocenters. The quantitative estimate of drug-likeness (QED) is 0.758. The van der Waals surface area contributed by atoms with Gasteiger partial charge in [0.25, 0.3) is 5.91 Å². The molecule has 2 aromatic rings. The number of benzene rings is 1. The van der Waals surface area contributed by atoms with Crippen LogP contribution in [0.2, 0.25) is 0 Å². The number of rotatable bonds is 5. The van der Waals surface area contributed by atoms with Crippen LogP contribution in [0.3, 0.4) is 0 Å². The highest BCUT2D eigenvalue weighted by molar-refractivity contribution is 7.88. The van der Waals surface area contributed by atoms with Gasteiger partial charge in [0.1, 0.15) is 5.82 Å². The van der Waals surface area contributed by atoms with Crippen LogP contribution in [0.15, 0.2) is 35.8 Å². The molecule has 0 bridgehead atoms. The van der Waals surface area contributed by atoms with Crippen molar-refractivity contribution in [3.63, 3.8) is 0 Å². The first-order valence-corrected chi connectivity index (χ1v) is 9.28. The molecule has 1 heterocycles. The Morgan fingerprint density at radius 3 is 2.83 bits per heavy atom. The number of amides is 1. The number of fused-ring (bicyclic) bond motifs is 1. The number of hydrogen-bond acceptors (Lipinski definition) is 4. The second-order valence-corrected chi connectivity index (χ2v) is 7.99. The van der Waals surface area contributed by atoms with Crippen molar-refractivity contribution in [1.29, 1.82) is 0 Å². The molecular formula is C14H16FN3O3S2. The van der Waals surface area contributed by atoms with Crippen LogP contribution in [-0.4, -0.2) is 43.0 Å². The van der Waals surface area contributed by atoms with Gasteiger partial charge in [0.05, 0.1) is 23.0 Å². The average Bonchev–Trinajstić information content (AvgIpc) is 2.77. The lowest BCUT2D eigenvalue weighted by Crippen LogP contribution is -2.31. The van der Waals surface area contributed by atoms with E-state index in [1.54, 1.807) is 22.8 Å². The Balaban J connectivity index is 2.50. The van der Waals surface area contributed by atoms with E-state index >= 15 is 0 Å². The van der Waals surface area contributed by atoms with Gasteiger partial charge in [-0.05, 0) is 12.1 Å². The van der Waals surface area contributed by atoms with E-state index in [4.69, 9.17) is 0 Å². The van der Waals surface area contributed by atoms with E-state index in [9.17, 15) is 17.6 Å². The average molecular weight is 357 g/mol. The summed E-state index contributed by atoms with van der Waals surface area (Å²) in [6, 6.07) is 4.64. The molecule has 0 N–H and O–H groups in total. The number of carbonyl (C=O) groups excluding carboxylic acids is 1. The Hall–Kier alpha value is -1.84. The molecule has 1 aromatic heterocycles.